The molecular formula is C10H15NO3. The lowest BCUT2D eigenvalue weighted by atomic mass is 10.2. The molecule has 0 amide bonds. The van der Waals surface area contributed by atoms with Gasteiger partial charge in [-0.05, 0) is 32.8 Å². The molecule has 1 aliphatic heterocycles. The molecule has 1 fully saturated rings. The van der Waals surface area contributed by atoms with Crippen LogP contribution >= 0.6 is 0 Å². The molecule has 0 unspecified atom stereocenters. The molecule has 0 aromatic rings. The standard InChI is InChI=1S/C10H15NO3/c1-7(6-8(2)12)11-5-3-4-9(11)10(13)14/h6,9H,3-5H2,1-2H3,(H,13,14)/b7-6-/t9-/m0/s1. The summed E-state index contributed by atoms with van der Waals surface area (Å²) in [6, 6.07) is -0.453. The third-order valence-corrected chi connectivity index (χ3v) is 2.40. The Morgan fingerprint density at radius 1 is 1.43 bits per heavy atom. The summed E-state index contributed by atoms with van der Waals surface area (Å²) < 4.78 is 0. The Labute approximate surface area is 83.2 Å². The minimum Gasteiger partial charge on any atom is -0.480 e. The molecule has 1 heterocycles. The Kier molecular flexibility index (Phi) is 3.28. The van der Waals surface area contributed by atoms with Crippen molar-refractivity contribution in [2.24, 2.45) is 0 Å². The third kappa shape index (κ3) is 2.34. The topological polar surface area (TPSA) is 57.6 Å². The molecule has 78 valence electrons. The van der Waals surface area contributed by atoms with E-state index in [1.54, 1.807) is 11.8 Å². The van der Waals surface area contributed by atoms with Gasteiger partial charge in [0.15, 0.2) is 5.78 Å². The molecule has 0 aliphatic carbocycles. The van der Waals surface area contributed by atoms with Crippen LogP contribution in [0.1, 0.15) is 26.7 Å². The number of hydrogen-bond acceptors (Lipinski definition) is 3. The first kappa shape index (κ1) is 10.8. The number of nitrogens with zero attached hydrogens (tertiary/aromatic N) is 1. The second-order valence-corrected chi connectivity index (χ2v) is 3.59. The molecule has 0 saturated carbocycles. The fourth-order valence-corrected chi connectivity index (χ4v) is 1.82. The van der Waals surface area contributed by atoms with E-state index in [-0.39, 0.29) is 5.78 Å². The molecule has 1 atom stereocenters. The minimum atomic E-state index is -0.807. The van der Waals surface area contributed by atoms with Crippen LogP contribution in [0.2, 0.25) is 0 Å². The van der Waals surface area contributed by atoms with Crippen LogP contribution in [0, 0.1) is 0 Å². The quantitative estimate of drug-likeness (QED) is 0.686. The van der Waals surface area contributed by atoms with Crippen LogP contribution in [0.25, 0.3) is 0 Å². The van der Waals surface area contributed by atoms with E-state index in [0.29, 0.717) is 6.42 Å². The van der Waals surface area contributed by atoms with Gasteiger partial charge in [-0.25, -0.2) is 4.79 Å². The van der Waals surface area contributed by atoms with E-state index in [1.165, 1.54) is 13.0 Å². The molecule has 0 radical (unpaired) electrons. The maximum absolute atomic E-state index is 10.8. The van der Waals surface area contributed by atoms with Crippen LogP contribution in [-0.2, 0) is 9.59 Å². The lowest BCUT2D eigenvalue weighted by molar-refractivity contribution is -0.141. The number of allylic oxidation sites excluding steroid dienone is 2. The van der Waals surface area contributed by atoms with Gasteiger partial charge in [-0.15, -0.1) is 0 Å². The van der Waals surface area contributed by atoms with Crippen molar-refractivity contribution >= 4 is 11.8 Å². The number of likely N-dealkylation sites (tertiary alicyclic amines) is 1. The lowest BCUT2D eigenvalue weighted by Crippen LogP contribution is -2.34. The summed E-state index contributed by atoms with van der Waals surface area (Å²) in [7, 11) is 0. The number of carbonyl (C=O) groups excluding carboxylic acids is 1. The third-order valence-electron chi connectivity index (χ3n) is 2.40. The summed E-state index contributed by atoms with van der Waals surface area (Å²) in [5, 5.41) is 8.91. The summed E-state index contributed by atoms with van der Waals surface area (Å²) in [6.45, 7) is 3.98. The van der Waals surface area contributed by atoms with Gasteiger partial charge in [0.05, 0.1) is 0 Å². The maximum atomic E-state index is 10.8. The zero-order valence-electron chi connectivity index (χ0n) is 8.49. The molecule has 4 nitrogen and oxygen atoms in total. The van der Waals surface area contributed by atoms with Gasteiger partial charge in [0.2, 0.25) is 0 Å². The van der Waals surface area contributed by atoms with Gasteiger partial charge in [-0.1, -0.05) is 0 Å². The fourth-order valence-electron chi connectivity index (χ4n) is 1.82. The van der Waals surface area contributed by atoms with E-state index < -0.39 is 12.0 Å². The van der Waals surface area contributed by atoms with Gasteiger partial charge in [0.1, 0.15) is 6.04 Å². The predicted molar refractivity (Wildman–Crippen MR) is 51.8 cm³/mol. The van der Waals surface area contributed by atoms with Gasteiger partial charge in [-0.3, -0.25) is 4.79 Å². The second kappa shape index (κ2) is 4.26. The highest BCUT2D eigenvalue weighted by Gasteiger charge is 2.30. The molecule has 1 N–H and O–H groups in total. The normalized spacial score (nSPS) is 22.6. The molecule has 0 spiro atoms. The molecule has 14 heavy (non-hydrogen) atoms. The largest absolute Gasteiger partial charge is 0.480 e. The van der Waals surface area contributed by atoms with Gasteiger partial charge in [0.25, 0.3) is 0 Å². The van der Waals surface area contributed by atoms with Crippen LogP contribution in [0.4, 0.5) is 0 Å². The van der Waals surface area contributed by atoms with Gasteiger partial charge < -0.3 is 10.0 Å². The zero-order chi connectivity index (χ0) is 10.7. The van der Waals surface area contributed by atoms with E-state index in [0.717, 1.165) is 18.7 Å². The SMILES string of the molecule is CC(=O)/C=C(/C)N1CCC[C@H]1C(=O)O. The average molecular weight is 197 g/mol. The highest BCUT2D eigenvalue weighted by molar-refractivity contribution is 5.88. The zero-order valence-corrected chi connectivity index (χ0v) is 8.49. The summed E-state index contributed by atoms with van der Waals surface area (Å²) >= 11 is 0. The van der Waals surface area contributed by atoms with Crippen molar-refractivity contribution in [3.8, 4) is 0 Å². The van der Waals surface area contributed by atoms with E-state index >= 15 is 0 Å². The Bertz CT molecular complexity index is 283. The monoisotopic (exact) mass is 197 g/mol. The van der Waals surface area contributed by atoms with Crippen LogP contribution in [0.15, 0.2) is 11.8 Å². The predicted octanol–water partition coefficient (Wildman–Crippen LogP) is 1.03. The Morgan fingerprint density at radius 3 is 2.57 bits per heavy atom. The Balaban J connectivity index is 2.76. The Morgan fingerprint density at radius 2 is 2.07 bits per heavy atom. The van der Waals surface area contributed by atoms with Gasteiger partial charge in [0, 0.05) is 12.2 Å². The van der Waals surface area contributed by atoms with Crippen LogP contribution in [-0.4, -0.2) is 34.3 Å². The smallest absolute Gasteiger partial charge is 0.326 e. The first-order valence-corrected chi connectivity index (χ1v) is 4.70. The summed E-state index contributed by atoms with van der Waals surface area (Å²) in [6.07, 6.45) is 3.03. The molecule has 1 aliphatic rings. The molecule has 1 saturated heterocycles. The summed E-state index contributed by atoms with van der Waals surface area (Å²) in [4.78, 5) is 23.5. The molecule has 0 aromatic carbocycles. The highest BCUT2D eigenvalue weighted by Crippen LogP contribution is 2.21. The minimum absolute atomic E-state index is 0.0430. The van der Waals surface area contributed by atoms with Crippen molar-refractivity contribution in [3.05, 3.63) is 11.8 Å². The number of rotatable bonds is 3. The van der Waals surface area contributed by atoms with Crippen molar-refractivity contribution in [1.82, 2.24) is 4.90 Å². The maximum Gasteiger partial charge on any atom is 0.326 e. The number of carboxylic acid groups (broad SMARTS) is 1. The van der Waals surface area contributed by atoms with Gasteiger partial charge in [-0.2, -0.15) is 0 Å². The number of carboxylic acids is 1. The number of ketones is 1. The van der Waals surface area contributed by atoms with E-state index in [1.807, 2.05) is 0 Å². The van der Waals surface area contributed by atoms with Crippen LogP contribution < -0.4 is 0 Å². The molecule has 0 bridgehead atoms. The van der Waals surface area contributed by atoms with E-state index in [9.17, 15) is 9.59 Å². The van der Waals surface area contributed by atoms with Gasteiger partial charge >= 0.3 is 5.97 Å². The summed E-state index contributed by atoms with van der Waals surface area (Å²) in [5.41, 5.74) is 0.752. The molecule has 0 aromatic heterocycles. The Hall–Kier alpha value is -1.32. The number of aliphatic carboxylic acids is 1. The van der Waals surface area contributed by atoms with Crippen molar-refractivity contribution in [2.45, 2.75) is 32.7 Å². The molecule has 1 rings (SSSR count). The highest BCUT2D eigenvalue weighted by atomic mass is 16.4. The first-order chi connectivity index (χ1) is 6.52. The fraction of sp³-hybridized carbons (Fsp3) is 0.600. The van der Waals surface area contributed by atoms with Crippen LogP contribution in [0.3, 0.4) is 0 Å². The second-order valence-electron chi connectivity index (χ2n) is 3.59. The van der Waals surface area contributed by atoms with Crippen molar-refractivity contribution in [2.75, 3.05) is 6.54 Å². The van der Waals surface area contributed by atoms with E-state index in [4.69, 9.17) is 5.11 Å². The van der Waals surface area contributed by atoms with Crippen LogP contribution in [0.5, 0.6) is 0 Å². The number of carbonyl (C=O) groups is 2. The average Bonchev–Trinajstić information content (AvgIpc) is 2.49. The van der Waals surface area contributed by atoms with Crippen molar-refractivity contribution in [3.63, 3.8) is 0 Å². The first-order valence-electron chi connectivity index (χ1n) is 4.70. The molecular weight excluding hydrogens is 182 g/mol. The van der Waals surface area contributed by atoms with Crippen molar-refractivity contribution < 1.29 is 14.7 Å². The van der Waals surface area contributed by atoms with E-state index in [2.05, 4.69) is 0 Å². The van der Waals surface area contributed by atoms with Crippen molar-refractivity contribution in [1.29, 1.82) is 0 Å². The number of hydrogen-bond donors (Lipinski definition) is 1. The lowest BCUT2D eigenvalue weighted by Gasteiger charge is -2.23. The molecule has 4 heteroatoms. The summed E-state index contributed by atoms with van der Waals surface area (Å²) in [5.74, 6) is -0.850.